The van der Waals surface area contributed by atoms with Crippen molar-refractivity contribution in [1.29, 1.82) is 0 Å². The van der Waals surface area contributed by atoms with Crippen LogP contribution in [0.2, 0.25) is 0 Å². The first-order chi connectivity index (χ1) is 9.60. The molecule has 1 atom stereocenters. The Morgan fingerprint density at radius 3 is 3.10 bits per heavy atom. The number of nitrogens with one attached hydrogen (secondary N) is 1. The number of hydrogen-bond acceptors (Lipinski definition) is 4. The van der Waals surface area contributed by atoms with Crippen molar-refractivity contribution in [2.24, 2.45) is 0 Å². The van der Waals surface area contributed by atoms with E-state index in [-0.39, 0.29) is 5.91 Å². The largest absolute Gasteiger partial charge is 0.384 e. The third-order valence-corrected chi connectivity index (χ3v) is 3.58. The normalized spacial score (nSPS) is 19.0. The van der Waals surface area contributed by atoms with E-state index in [9.17, 15) is 4.79 Å². The smallest absolute Gasteiger partial charge is 0.224 e. The molecular formula is C14H24N4O2. The quantitative estimate of drug-likeness (QED) is 0.838. The van der Waals surface area contributed by atoms with E-state index in [0.29, 0.717) is 18.9 Å². The molecule has 0 radical (unpaired) electrons. The predicted octanol–water partition coefficient (Wildman–Crippen LogP) is 0.824. The van der Waals surface area contributed by atoms with Gasteiger partial charge in [0.1, 0.15) is 5.82 Å². The second kappa shape index (κ2) is 6.85. The van der Waals surface area contributed by atoms with Gasteiger partial charge in [-0.15, -0.1) is 0 Å². The maximum absolute atomic E-state index is 11.9. The molecule has 0 spiro atoms. The number of carbonyl (C=O) groups excluding carboxylic acids is 1. The Hall–Kier alpha value is -1.40. The van der Waals surface area contributed by atoms with E-state index in [0.717, 1.165) is 37.6 Å². The van der Waals surface area contributed by atoms with Crippen LogP contribution in [0.5, 0.6) is 0 Å². The van der Waals surface area contributed by atoms with Crippen LogP contribution < -0.4 is 0 Å². The van der Waals surface area contributed by atoms with Crippen molar-refractivity contribution >= 4 is 5.91 Å². The predicted molar refractivity (Wildman–Crippen MR) is 76.4 cm³/mol. The SMILES string of the molecule is COCCC(=O)N1CCC(c2ncc(CN(C)C)[nH]2)C1. The van der Waals surface area contributed by atoms with Crippen LogP contribution in [0, 0.1) is 0 Å². The minimum atomic E-state index is 0.175. The summed E-state index contributed by atoms with van der Waals surface area (Å²) < 4.78 is 4.95. The zero-order chi connectivity index (χ0) is 14.5. The molecule has 1 unspecified atom stereocenters. The summed E-state index contributed by atoms with van der Waals surface area (Å²) in [4.78, 5) is 23.8. The molecule has 1 fully saturated rings. The molecule has 0 aromatic carbocycles. The molecule has 6 heteroatoms. The second-order valence-corrected chi connectivity index (χ2v) is 5.60. The van der Waals surface area contributed by atoms with E-state index < -0.39 is 0 Å². The molecule has 20 heavy (non-hydrogen) atoms. The lowest BCUT2D eigenvalue weighted by Crippen LogP contribution is -2.29. The van der Waals surface area contributed by atoms with Crippen LogP contribution >= 0.6 is 0 Å². The number of likely N-dealkylation sites (tertiary alicyclic amines) is 1. The van der Waals surface area contributed by atoms with E-state index in [2.05, 4.69) is 14.9 Å². The molecule has 1 aliphatic heterocycles. The number of rotatable bonds is 6. The Kier molecular flexibility index (Phi) is 5.14. The van der Waals surface area contributed by atoms with Gasteiger partial charge in [-0.05, 0) is 20.5 Å². The Labute approximate surface area is 120 Å². The molecule has 1 aromatic rings. The molecule has 2 heterocycles. The Bertz CT molecular complexity index is 444. The number of hydrogen-bond donors (Lipinski definition) is 1. The molecule has 1 aromatic heterocycles. The molecule has 112 valence electrons. The van der Waals surface area contributed by atoms with Crippen molar-refractivity contribution in [2.75, 3.05) is 40.9 Å². The minimum Gasteiger partial charge on any atom is -0.384 e. The van der Waals surface area contributed by atoms with E-state index >= 15 is 0 Å². The van der Waals surface area contributed by atoms with Gasteiger partial charge in [0.05, 0.1) is 13.0 Å². The van der Waals surface area contributed by atoms with E-state index in [1.54, 1.807) is 7.11 Å². The fourth-order valence-corrected chi connectivity index (χ4v) is 2.56. The number of imidazole rings is 1. The molecule has 1 N–H and O–H groups in total. The average Bonchev–Trinajstić information content (AvgIpc) is 3.03. The molecule has 2 rings (SSSR count). The highest BCUT2D eigenvalue weighted by Crippen LogP contribution is 2.25. The zero-order valence-electron chi connectivity index (χ0n) is 12.6. The number of carbonyl (C=O) groups is 1. The van der Waals surface area contributed by atoms with Gasteiger partial charge in [0.25, 0.3) is 0 Å². The number of amides is 1. The lowest BCUT2D eigenvalue weighted by atomic mass is 10.1. The molecule has 6 nitrogen and oxygen atoms in total. The summed E-state index contributed by atoms with van der Waals surface area (Å²) in [5, 5.41) is 0. The van der Waals surface area contributed by atoms with Crippen LogP contribution in [-0.2, 0) is 16.1 Å². The fraction of sp³-hybridized carbons (Fsp3) is 0.714. The summed E-state index contributed by atoms with van der Waals surface area (Å²) in [6.45, 7) is 2.93. The third kappa shape index (κ3) is 3.80. The summed E-state index contributed by atoms with van der Waals surface area (Å²) in [7, 11) is 5.69. The summed E-state index contributed by atoms with van der Waals surface area (Å²) in [6.07, 6.45) is 3.34. The lowest BCUT2D eigenvalue weighted by molar-refractivity contribution is -0.131. The van der Waals surface area contributed by atoms with Gasteiger partial charge in [-0.1, -0.05) is 0 Å². The maximum Gasteiger partial charge on any atom is 0.224 e. The summed E-state index contributed by atoms with van der Waals surface area (Å²) in [5.74, 6) is 1.51. The molecule has 0 saturated carbocycles. The first kappa shape index (κ1) is 15.0. The van der Waals surface area contributed by atoms with Gasteiger partial charge in [-0.25, -0.2) is 4.98 Å². The summed E-state index contributed by atoms with van der Waals surface area (Å²) in [5.41, 5.74) is 1.12. The van der Waals surface area contributed by atoms with Gasteiger partial charge in [-0.2, -0.15) is 0 Å². The highest BCUT2D eigenvalue weighted by Gasteiger charge is 2.28. The van der Waals surface area contributed by atoms with Crippen molar-refractivity contribution in [3.8, 4) is 0 Å². The van der Waals surface area contributed by atoms with Gasteiger partial charge in [0.15, 0.2) is 0 Å². The minimum absolute atomic E-state index is 0.175. The summed E-state index contributed by atoms with van der Waals surface area (Å²) in [6, 6.07) is 0. The molecule has 0 aliphatic carbocycles. The number of H-pyrrole nitrogens is 1. The van der Waals surface area contributed by atoms with Crippen molar-refractivity contribution in [3.63, 3.8) is 0 Å². The maximum atomic E-state index is 11.9. The second-order valence-electron chi connectivity index (χ2n) is 5.60. The summed E-state index contributed by atoms with van der Waals surface area (Å²) >= 11 is 0. The van der Waals surface area contributed by atoms with Crippen molar-refractivity contribution in [2.45, 2.75) is 25.3 Å². The van der Waals surface area contributed by atoms with Crippen LogP contribution in [0.3, 0.4) is 0 Å². The van der Waals surface area contributed by atoms with Crippen LogP contribution in [0.1, 0.15) is 30.3 Å². The lowest BCUT2D eigenvalue weighted by Gasteiger charge is -2.15. The highest BCUT2D eigenvalue weighted by atomic mass is 16.5. The number of nitrogens with zero attached hydrogens (tertiary/aromatic N) is 3. The van der Waals surface area contributed by atoms with Crippen molar-refractivity contribution < 1.29 is 9.53 Å². The van der Waals surface area contributed by atoms with Crippen LogP contribution in [-0.4, -0.2) is 66.6 Å². The third-order valence-electron chi connectivity index (χ3n) is 3.58. The van der Waals surface area contributed by atoms with Gasteiger partial charge in [0.2, 0.25) is 5.91 Å². The van der Waals surface area contributed by atoms with Crippen LogP contribution in [0.4, 0.5) is 0 Å². The Morgan fingerprint density at radius 1 is 1.60 bits per heavy atom. The van der Waals surface area contributed by atoms with Crippen LogP contribution in [0.15, 0.2) is 6.20 Å². The molecule has 1 aliphatic rings. The van der Waals surface area contributed by atoms with E-state index in [4.69, 9.17) is 4.74 Å². The monoisotopic (exact) mass is 280 g/mol. The topological polar surface area (TPSA) is 61.5 Å². The number of aromatic amines is 1. The Balaban J connectivity index is 1.89. The first-order valence-corrected chi connectivity index (χ1v) is 7.05. The van der Waals surface area contributed by atoms with E-state index in [1.807, 2.05) is 25.2 Å². The highest BCUT2D eigenvalue weighted by molar-refractivity contribution is 5.76. The van der Waals surface area contributed by atoms with Crippen molar-refractivity contribution in [3.05, 3.63) is 17.7 Å². The average molecular weight is 280 g/mol. The standard InChI is InChI=1S/C14H24N4O2/c1-17(2)10-12-8-15-14(16-12)11-4-6-18(9-11)13(19)5-7-20-3/h8,11H,4-7,9-10H2,1-3H3,(H,15,16). The van der Waals surface area contributed by atoms with Gasteiger partial charge >= 0.3 is 0 Å². The van der Waals surface area contributed by atoms with Crippen molar-refractivity contribution in [1.82, 2.24) is 19.8 Å². The van der Waals surface area contributed by atoms with Gasteiger partial charge < -0.3 is 19.5 Å². The molecular weight excluding hydrogens is 256 g/mol. The molecule has 1 saturated heterocycles. The first-order valence-electron chi connectivity index (χ1n) is 7.05. The van der Waals surface area contributed by atoms with Gasteiger partial charge in [-0.3, -0.25) is 4.79 Å². The Morgan fingerprint density at radius 2 is 2.40 bits per heavy atom. The molecule has 1 amide bonds. The van der Waals surface area contributed by atoms with Gasteiger partial charge in [0, 0.05) is 44.6 Å². The van der Waals surface area contributed by atoms with E-state index in [1.165, 1.54) is 0 Å². The molecule has 0 bridgehead atoms. The fourth-order valence-electron chi connectivity index (χ4n) is 2.56. The number of ether oxygens (including phenoxy) is 1. The number of methoxy groups -OCH3 is 1. The number of aromatic nitrogens is 2. The zero-order valence-corrected chi connectivity index (χ0v) is 12.6. The van der Waals surface area contributed by atoms with Crippen LogP contribution in [0.25, 0.3) is 0 Å².